The normalized spacial score (nSPS) is 24.0. The van der Waals surface area contributed by atoms with Gasteiger partial charge in [0.25, 0.3) is 0 Å². The largest absolute Gasteiger partial charge is 0.418 e. The van der Waals surface area contributed by atoms with Crippen LogP contribution >= 0.6 is 0 Å². The number of nitrogens with zero attached hydrogens (tertiary/aromatic N) is 2. The molecule has 27 heavy (non-hydrogen) atoms. The first-order valence-corrected chi connectivity index (χ1v) is 8.48. The molecule has 142 valence electrons. The van der Waals surface area contributed by atoms with Gasteiger partial charge in [0, 0.05) is 0 Å². The smallest absolute Gasteiger partial charge is 0.390 e. The molecule has 1 atom stereocenters. The third-order valence-electron chi connectivity index (χ3n) is 5.05. The molecule has 1 unspecified atom stereocenters. The number of aliphatic hydroxyl groups is 2. The first-order valence-electron chi connectivity index (χ1n) is 8.48. The highest BCUT2D eigenvalue weighted by atomic mass is 19.4. The summed E-state index contributed by atoms with van der Waals surface area (Å²) < 4.78 is 43.3. The summed E-state index contributed by atoms with van der Waals surface area (Å²) in [4.78, 5) is 0. The monoisotopic (exact) mass is 378 g/mol. The predicted octanol–water partition coefficient (Wildman–Crippen LogP) is 4.11. The van der Waals surface area contributed by atoms with E-state index in [4.69, 9.17) is 4.63 Å². The second kappa shape index (κ2) is 6.03. The second-order valence-electron chi connectivity index (χ2n) is 7.37. The Bertz CT molecular complexity index is 989. The molecule has 8 heteroatoms. The molecule has 3 aromatic rings. The molecule has 1 saturated carbocycles. The minimum absolute atomic E-state index is 0.0679. The van der Waals surface area contributed by atoms with Crippen LogP contribution in [0.3, 0.4) is 0 Å². The Hall–Kier alpha value is -2.45. The maximum Gasteiger partial charge on any atom is 0.418 e. The summed E-state index contributed by atoms with van der Waals surface area (Å²) in [6.45, 7) is 1.76. The molecule has 0 radical (unpaired) electrons. The molecule has 1 aromatic heterocycles. The maximum atomic E-state index is 12.8. The highest BCUT2D eigenvalue weighted by Crippen LogP contribution is 2.47. The lowest BCUT2D eigenvalue weighted by Gasteiger charge is -2.41. The van der Waals surface area contributed by atoms with Crippen LogP contribution in [0.5, 0.6) is 0 Å². The molecule has 0 aliphatic heterocycles. The molecule has 1 aliphatic carbocycles. The van der Waals surface area contributed by atoms with Gasteiger partial charge in [-0.25, -0.2) is 4.63 Å². The first kappa shape index (κ1) is 17.9. The van der Waals surface area contributed by atoms with E-state index in [1.807, 2.05) is 6.07 Å². The molecular formula is C19H17F3N2O3. The number of rotatable bonds is 3. The predicted molar refractivity (Wildman–Crippen MR) is 90.9 cm³/mol. The molecule has 0 spiro atoms. The summed E-state index contributed by atoms with van der Waals surface area (Å²) in [6.07, 6.45) is -6.16. The minimum Gasteiger partial charge on any atom is -0.390 e. The molecule has 0 amide bonds. The van der Waals surface area contributed by atoms with Crippen molar-refractivity contribution in [1.82, 2.24) is 10.3 Å². The van der Waals surface area contributed by atoms with Gasteiger partial charge < -0.3 is 10.2 Å². The van der Waals surface area contributed by atoms with E-state index in [1.54, 1.807) is 19.1 Å². The van der Waals surface area contributed by atoms with Gasteiger partial charge in [0.05, 0.1) is 5.60 Å². The number of hydrogen-bond acceptors (Lipinski definition) is 5. The maximum absolute atomic E-state index is 12.8. The summed E-state index contributed by atoms with van der Waals surface area (Å²) in [6, 6.07) is 9.22. The number of alkyl halides is 3. The fourth-order valence-electron chi connectivity index (χ4n) is 3.69. The van der Waals surface area contributed by atoms with Crippen molar-refractivity contribution in [3.63, 3.8) is 0 Å². The third-order valence-corrected chi connectivity index (χ3v) is 5.05. The molecule has 1 fully saturated rings. The van der Waals surface area contributed by atoms with Crippen molar-refractivity contribution < 1.29 is 28.0 Å². The van der Waals surface area contributed by atoms with Crippen molar-refractivity contribution >= 4 is 11.0 Å². The minimum atomic E-state index is -4.73. The standard InChI is InChI=1S/C19H17F3N2O3/c1-18(26)8-13(9-18)14-6-12(7-15-16(14)24-27-23-15)10-3-2-4-11(5-10)17(25)19(20,21)22/h2-7,13,17,25-26H,8-9H2,1H3. The van der Waals surface area contributed by atoms with E-state index >= 15 is 0 Å². The molecule has 5 nitrogen and oxygen atoms in total. The molecule has 4 rings (SSSR count). The zero-order valence-corrected chi connectivity index (χ0v) is 14.4. The van der Waals surface area contributed by atoms with Crippen molar-refractivity contribution in [2.75, 3.05) is 0 Å². The topological polar surface area (TPSA) is 79.4 Å². The van der Waals surface area contributed by atoms with E-state index in [-0.39, 0.29) is 11.5 Å². The van der Waals surface area contributed by atoms with Crippen LogP contribution in [0.25, 0.3) is 22.2 Å². The Balaban J connectivity index is 1.77. The summed E-state index contributed by atoms with van der Waals surface area (Å²) in [5, 5.41) is 27.3. The second-order valence-corrected chi connectivity index (χ2v) is 7.37. The van der Waals surface area contributed by atoms with Crippen molar-refractivity contribution in [1.29, 1.82) is 0 Å². The van der Waals surface area contributed by atoms with Gasteiger partial charge in [0.1, 0.15) is 11.0 Å². The van der Waals surface area contributed by atoms with E-state index in [2.05, 4.69) is 10.3 Å². The van der Waals surface area contributed by atoms with E-state index in [9.17, 15) is 23.4 Å². The van der Waals surface area contributed by atoms with Crippen LogP contribution in [0.2, 0.25) is 0 Å². The number of hydrogen-bond donors (Lipinski definition) is 2. The lowest BCUT2D eigenvalue weighted by Crippen LogP contribution is -2.39. The molecule has 0 bridgehead atoms. The Morgan fingerprint density at radius 3 is 2.56 bits per heavy atom. The Labute approximate surface area is 152 Å². The number of fused-ring (bicyclic) bond motifs is 1. The average Bonchev–Trinajstić information content (AvgIpc) is 3.06. The lowest BCUT2D eigenvalue weighted by atomic mass is 9.68. The summed E-state index contributed by atoms with van der Waals surface area (Å²) in [5.41, 5.74) is 2.13. The van der Waals surface area contributed by atoms with Gasteiger partial charge in [0.2, 0.25) is 0 Å². The third kappa shape index (κ3) is 3.30. The summed E-state index contributed by atoms with van der Waals surface area (Å²) in [7, 11) is 0. The van der Waals surface area contributed by atoms with Gasteiger partial charge >= 0.3 is 6.18 Å². The summed E-state index contributed by atoms with van der Waals surface area (Å²) >= 11 is 0. The van der Waals surface area contributed by atoms with Crippen molar-refractivity contribution in [3.05, 3.63) is 47.5 Å². The Morgan fingerprint density at radius 2 is 1.89 bits per heavy atom. The van der Waals surface area contributed by atoms with Crippen molar-refractivity contribution in [3.8, 4) is 11.1 Å². The first-order chi connectivity index (χ1) is 12.6. The molecule has 1 aliphatic rings. The SMILES string of the molecule is CC1(O)CC(c2cc(-c3cccc(C(O)C(F)(F)F)c3)cc3nonc23)C1. The van der Waals surface area contributed by atoms with Gasteiger partial charge in [-0.15, -0.1) is 0 Å². The summed E-state index contributed by atoms with van der Waals surface area (Å²) in [5.74, 6) is 0.0679. The van der Waals surface area contributed by atoms with E-state index < -0.39 is 17.9 Å². The molecule has 2 N–H and O–H groups in total. The van der Waals surface area contributed by atoms with Crippen LogP contribution < -0.4 is 0 Å². The zero-order valence-electron chi connectivity index (χ0n) is 14.4. The van der Waals surface area contributed by atoms with Gasteiger partial charge in [0.15, 0.2) is 6.10 Å². The van der Waals surface area contributed by atoms with Crippen LogP contribution in [0.15, 0.2) is 41.0 Å². The zero-order chi connectivity index (χ0) is 19.4. The van der Waals surface area contributed by atoms with Gasteiger partial charge in [-0.3, -0.25) is 0 Å². The molecule has 0 saturated heterocycles. The quantitative estimate of drug-likeness (QED) is 0.717. The number of halogens is 3. The van der Waals surface area contributed by atoms with Crippen LogP contribution in [0, 0.1) is 0 Å². The Kier molecular flexibility index (Phi) is 4.01. The fraction of sp³-hybridized carbons (Fsp3) is 0.368. The van der Waals surface area contributed by atoms with Gasteiger partial charge in [-0.1, -0.05) is 18.2 Å². The van der Waals surface area contributed by atoms with E-state index in [0.29, 0.717) is 35.0 Å². The number of aliphatic hydroxyl groups excluding tert-OH is 1. The highest BCUT2D eigenvalue weighted by Gasteiger charge is 2.41. The number of aromatic nitrogens is 2. The van der Waals surface area contributed by atoms with Crippen LogP contribution in [-0.4, -0.2) is 32.3 Å². The van der Waals surface area contributed by atoms with Gasteiger partial charge in [-0.2, -0.15) is 13.2 Å². The number of benzene rings is 2. The van der Waals surface area contributed by atoms with Crippen LogP contribution in [-0.2, 0) is 0 Å². The molecule has 2 aromatic carbocycles. The fourth-order valence-corrected chi connectivity index (χ4v) is 3.69. The van der Waals surface area contributed by atoms with Crippen LogP contribution in [0.1, 0.15) is 42.9 Å². The van der Waals surface area contributed by atoms with Crippen molar-refractivity contribution in [2.45, 2.75) is 43.6 Å². The average molecular weight is 378 g/mol. The van der Waals surface area contributed by atoms with Crippen molar-refractivity contribution in [2.24, 2.45) is 0 Å². The molecular weight excluding hydrogens is 361 g/mol. The van der Waals surface area contributed by atoms with Gasteiger partial charge in [-0.05, 0) is 76.4 Å². The van der Waals surface area contributed by atoms with E-state index in [0.717, 1.165) is 5.56 Å². The lowest BCUT2D eigenvalue weighted by molar-refractivity contribution is -0.206. The van der Waals surface area contributed by atoms with E-state index in [1.165, 1.54) is 18.2 Å². The Morgan fingerprint density at radius 1 is 1.15 bits per heavy atom. The van der Waals surface area contributed by atoms with Crippen LogP contribution in [0.4, 0.5) is 13.2 Å². The highest BCUT2D eigenvalue weighted by molar-refractivity contribution is 5.84. The molecule has 1 heterocycles.